The van der Waals surface area contributed by atoms with Crippen molar-refractivity contribution in [2.24, 2.45) is 0 Å². The van der Waals surface area contributed by atoms with Gasteiger partial charge in [0.2, 0.25) is 5.91 Å². The fraction of sp³-hybridized carbons (Fsp3) is 0.292. The van der Waals surface area contributed by atoms with Crippen molar-refractivity contribution >= 4 is 40.0 Å². The maximum atomic E-state index is 13.3. The topological polar surface area (TPSA) is 136 Å². The largest absolute Gasteiger partial charge is 0.453 e. The van der Waals surface area contributed by atoms with E-state index in [9.17, 15) is 31.2 Å². The summed E-state index contributed by atoms with van der Waals surface area (Å²) in [5.74, 6) is -0.590. The molecule has 0 unspecified atom stereocenters. The van der Waals surface area contributed by atoms with Crippen molar-refractivity contribution in [2.45, 2.75) is 37.5 Å². The first kappa shape index (κ1) is 29.9. The number of amides is 2. The second-order valence-electron chi connectivity index (χ2n) is 8.23. The minimum Gasteiger partial charge on any atom is -0.453 e. The molecule has 0 aliphatic heterocycles. The Bertz CT molecular complexity index is 1310. The molecule has 10 nitrogen and oxygen atoms in total. The first-order chi connectivity index (χ1) is 18.5. The summed E-state index contributed by atoms with van der Waals surface area (Å²) in [4.78, 5) is 29.4. The SMILES string of the molecule is COC(=O)N[C@@H](Cc1ccccc1)C(=O)N[C@@H](Cc1ccc(NO[SH](=O)=O)cc1)c1nc(CC(F)(F)F)cs1. The number of hydrogen-bond donors (Lipinski definition) is 4. The van der Waals surface area contributed by atoms with Crippen LogP contribution in [0.15, 0.2) is 60.0 Å². The molecule has 0 saturated carbocycles. The zero-order valence-corrected chi connectivity index (χ0v) is 22.1. The molecule has 0 saturated heterocycles. The third kappa shape index (κ3) is 10.2. The lowest BCUT2D eigenvalue weighted by atomic mass is 10.0. The number of hydrogen-bond acceptors (Lipinski definition) is 9. The Morgan fingerprint density at radius 1 is 1.00 bits per heavy atom. The maximum absolute atomic E-state index is 13.3. The molecule has 0 aliphatic rings. The summed E-state index contributed by atoms with van der Waals surface area (Å²) in [5, 5.41) is 6.82. The number of ether oxygens (including phenoxy) is 1. The molecular formula is C24H25F3N4O6S2. The highest BCUT2D eigenvalue weighted by molar-refractivity contribution is 7.67. The number of aromatic nitrogens is 1. The highest BCUT2D eigenvalue weighted by atomic mass is 32.2. The van der Waals surface area contributed by atoms with E-state index >= 15 is 0 Å². The monoisotopic (exact) mass is 586 g/mol. The van der Waals surface area contributed by atoms with Crippen LogP contribution in [0.25, 0.3) is 0 Å². The molecule has 0 spiro atoms. The zero-order valence-electron chi connectivity index (χ0n) is 20.4. The first-order valence-corrected chi connectivity index (χ1v) is 13.4. The Morgan fingerprint density at radius 2 is 1.67 bits per heavy atom. The quantitative estimate of drug-likeness (QED) is 0.187. The molecule has 0 fully saturated rings. The number of alkyl halides is 3. The molecular weight excluding hydrogens is 561 g/mol. The second-order valence-corrected chi connectivity index (χ2v) is 9.75. The summed E-state index contributed by atoms with van der Waals surface area (Å²) < 4.78 is 68.9. The van der Waals surface area contributed by atoms with E-state index in [2.05, 4.69) is 30.1 Å². The van der Waals surface area contributed by atoms with Crippen LogP contribution in [0.2, 0.25) is 0 Å². The number of carbonyl (C=O) groups excluding carboxylic acids is 2. The Hall–Kier alpha value is -3.69. The number of thiol groups is 1. The number of anilines is 1. The van der Waals surface area contributed by atoms with Gasteiger partial charge in [0.05, 0.1) is 31.0 Å². The maximum Gasteiger partial charge on any atom is 0.407 e. The van der Waals surface area contributed by atoms with Gasteiger partial charge in [-0.05, 0) is 29.7 Å². The standard InChI is InChI=1S/C24H25F3N4O6S2/c1-36-23(33)30-19(11-15-5-3-2-4-6-15)21(32)29-20(22-28-18(14-38-22)13-24(25,26)27)12-16-7-9-17(10-8-16)31-37-39(34)35/h2-10,14,19-20,31,39H,11-13H2,1H3,(H,29,32)(H,30,33)/t19-,20-/m0/s1. The van der Waals surface area contributed by atoms with Crippen molar-refractivity contribution in [3.8, 4) is 0 Å². The van der Waals surface area contributed by atoms with Gasteiger partial charge in [-0.3, -0.25) is 4.79 Å². The molecule has 0 aliphatic carbocycles. The smallest absolute Gasteiger partial charge is 0.407 e. The van der Waals surface area contributed by atoms with Gasteiger partial charge in [0.15, 0.2) is 0 Å². The average Bonchev–Trinajstić information content (AvgIpc) is 3.34. The summed E-state index contributed by atoms with van der Waals surface area (Å²) >= 11 is 0.971. The van der Waals surface area contributed by atoms with Crippen LogP contribution in [0.1, 0.15) is 27.9 Å². The molecule has 2 atom stereocenters. The minimum atomic E-state index is -4.45. The Labute approximate surface area is 227 Å². The number of carbonyl (C=O) groups is 2. The van der Waals surface area contributed by atoms with E-state index in [4.69, 9.17) is 0 Å². The highest BCUT2D eigenvalue weighted by Crippen LogP contribution is 2.27. The van der Waals surface area contributed by atoms with Crippen molar-refractivity contribution in [1.29, 1.82) is 0 Å². The van der Waals surface area contributed by atoms with Crippen molar-refractivity contribution in [2.75, 3.05) is 12.6 Å². The van der Waals surface area contributed by atoms with Gasteiger partial charge in [0.1, 0.15) is 11.0 Å². The van der Waals surface area contributed by atoms with Gasteiger partial charge in [-0.1, -0.05) is 42.5 Å². The van der Waals surface area contributed by atoms with Crippen LogP contribution < -0.4 is 16.1 Å². The number of alkyl carbamates (subject to hydrolysis) is 1. The molecule has 1 aromatic heterocycles. The third-order valence-electron chi connectivity index (χ3n) is 5.27. The van der Waals surface area contributed by atoms with Crippen molar-refractivity contribution in [3.63, 3.8) is 0 Å². The fourth-order valence-electron chi connectivity index (χ4n) is 3.54. The van der Waals surface area contributed by atoms with Gasteiger partial charge in [-0.2, -0.15) is 17.5 Å². The van der Waals surface area contributed by atoms with Crippen LogP contribution in [-0.2, 0) is 44.1 Å². The summed E-state index contributed by atoms with van der Waals surface area (Å²) in [5.41, 5.74) is 3.82. The van der Waals surface area contributed by atoms with Gasteiger partial charge in [-0.15, -0.1) is 11.3 Å². The molecule has 15 heteroatoms. The normalized spacial score (nSPS) is 12.9. The molecule has 0 radical (unpaired) electrons. The van der Waals surface area contributed by atoms with Gasteiger partial charge >= 0.3 is 12.3 Å². The summed E-state index contributed by atoms with van der Waals surface area (Å²) in [6, 6.07) is 13.3. The Morgan fingerprint density at radius 3 is 2.28 bits per heavy atom. The Kier molecular flexibility index (Phi) is 10.7. The fourth-order valence-corrected chi connectivity index (χ4v) is 4.59. The van der Waals surface area contributed by atoms with E-state index in [-0.39, 0.29) is 23.5 Å². The van der Waals surface area contributed by atoms with E-state index in [0.29, 0.717) is 11.3 Å². The van der Waals surface area contributed by atoms with E-state index in [1.807, 2.05) is 0 Å². The molecule has 39 heavy (non-hydrogen) atoms. The molecule has 3 aromatic rings. The molecule has 2 amide bonds. The number of nitrogens with one attached hydrogen (secondary N) is 3. The van der Waals surface area contributed by atoms with Crippen LogP contribution in [0.3, 0.4) is 0 Å². The Balaban J connectivity index is 1.84. The first-order valence-electron chi connectivity index (χ1n) is 11.4. The molecule has 3 rings (SSSR count). The molecule has 0 bridgehead atoms. The van der Waals surface area contributed by atoms with Crippen molar-refractivity contribution < 1.29 is 40.2 Å². The van der Waals surface area contributed by atoms with Gasteiger partial charge < -0.3 is 15.4 Å². The van der Waals surface area contributed by atoms with Gasteiger partial charge in [0, 0.05) is 11.8 Å². The number of halogens is 3. The summed E-state index contributed by atoms with van der Waals surface area (Å²) in [6.45, 7) is 0. The number of rotatable bonds is 12. The van der Waals surface area contributed by atoms with E-state index in [1.54, 1.807) is 42.5 Å². The third-order valence-corrected chi connectivity index (χ3v) is 6.52. The van der Waals surface area contributed by atoms with E-state index < -0.39 is 47.7 Å². The lowest BCUT2D eigenvalue weighted by molar-refractivity contribution is -0.128. The molecule has 3 N–H and O–H groups in total. The van der Waals surface area contributed by atoms with Gasteiger partial charge in [-0.25, -0.2) is 23.7 Å². The van der Waals surface area contributed by atoms with Crippen LogP contribution in [0, 0.1) is 0 Å². The zero-order chi connectivity index (χ0) is 28.4. The summed E-state index contributed by atoms with van der Waals surface area (Å²) in [7, 11) is -1.95. The lowest BCUT2D eigenvalue weighted by Gasteiger charge is -2.22. The van der Waals surface area contributed by atoms with Crippen LogP contribution in [0.4, 0.5) is 23.7 Å². The van der Waals surface area contributed by atoms with Crippen LogP contribution in [0.5, 0.6) is 0 Å². The second kappa shape index (κ2) is 13.9. The summed E-state index contributed by atoms with van der Waals surface area (Å²) in [6.07, 6.45) is -6.22. The van der Waals surface area contributed by atoms with E-state index in [1.165, 1.54) is 17.5 Å². The predicted molar refractivity (Wildman–Crippen MR) is 137 cm³/mol. The number of thiazole rings is 1. The predicted octanol–water partition coefficient (Wildman–Crippen LogP) is 3.49. The lowest BCUT2D eigenvalue weighted by Crippen LogP contribution is -2.49. The number of methoxy groups -OCH3 is 1. The molecule has 1 heterocycles. The van der Waals surface area contributed by atoms with Gasteiger partial charge in [0.25, 0.3) is 11.0 Å². The van der Waals surface area contributed by atoms with E-state index in [0.717, 1.165) is 24.0 Å². The average molecular weight is 587 g/mol. The molecule has 2 aromatic carbocycles. The van der Waals surface area contributed by atoms with Crippen LogP contribution in [-0.4, -0.2) is 44.7 Å². The van der Waals surface area contributed by atoms with Crippen LogP contribution >= 0.6 is 11.3 Å². The van der Waals surface area contributed by atoms with Crippen molar-refractivity contribution in [3.05, 3.63) is 81.8 Å². The number of nitrogens with zero attached hydrogens (tertiary/aromatic N) is 1. The highest BCUT2D eigenvalue weighted by Gasteiger charge is 2.31. The minimum absolute atomic E-state index is 0.133. The van der Waals surface area contributed by atoms with Crippen molar-refractivity contribution in [1.82, 2.24) is 15.6 Å². The number of benzene rings is 2. The molecule has 210 valence electrons.